The third-order valence-corrected chi connectivity index (χ3v) is 4.74. The van der Waals surface area contributed by atoms with E-state index < -0.39 is 17.6 Å². The van der Waals surface area contributed by atoms with E-state index in [1.807, 2.05) is 6.07 Å². The van der Waals surface area contributed by atoms with Crippen molar-refractivity contribution in [2.45, 2.75) is 26.3 Å². The Balaban J connectivity index is 0.00000320. The fourth-order valence-electron chi connectivity index (χ4n) is 3.43. The van der Waals surface area contributed by atoms with Crippen molar-refractivity contribution in [3.8, 4) is 0 Å². The molecule has 3 rings (SSSR count). The van der Waals surface area contributed by atoms with Crippen LogP contribution in [0.25, 0.3) is 0 Å². The average Bonchev–Trinajstić information content (AvgIpc) is 3.11. The number of anilines is 2. The standard InChI is InChI=1S/C21H24FN6O.Li/c1-14(2)23-8-5-18(22)16(4)26-21(29)28-11-7-17-19(6-9-25-20(17)28)27-12-10-24-15(3)13-27;/h1,4-6,9,15,24H,7,10-13H2,2-3H3,(H,26,29);/q-3;+1/b18-5+;/t15-;/m0./s1. The molecule has 0 aliphatic carbocycles. The molecule has 1 aromatic rings. The average molecular weight is 402 g/mol. The molecule has 1 aromatic heterocycles. The van der Waals surface area contributed by atoms with Crippen molar-refractivity contribution >= 4 is 23.8 Å². The molecule has 1 fully saturated rings. The van der Waals surface area contributed by atoms with Crippen LogP contribution in [0.5, 0.6) is 0 Å². The molecule has 2 aliphatic heterocycles. The third kappa shape index (κ3) is 5.60. The van der Waals surface area contributed by atoms with E-state index in [9.17, 15) is 9.18 Å². The van der Waals surface area contributed by atoms with E-state index in [1.165, 1.54) is 4.90 Å². The van der Waals surface area contributed by atoms with Crippen LogP contribution in [0, 0.1) is 13.2 Å². The van der Waals surface area contributed by atoms with Crippen LogP contribution in [0.2, 0.25) is 0 Å². The minimum Gasteiger partial charge on any atom is -0.563 e. The van der Waals surface area contributed by atoms with Crippen LogP contribution in [0.4, 0.5) is 20.7 Å². The van der Waals surface area contributed by atoms with E-state index >= 15 is 0 Å². The van der Waals surface area contributed by atoms with Crippen molar-refractivity contribution < 1.29 is 28.0 Å². The molecule has 7 nitrogen and oxygen atoms in total. The molecule has 0 bridgehead atoms. The number of hydrogen-bond acceptors (Lipinski definition) is 5. The minimum absolute atomic E-state index is 0. The summed E-state index contributed by atoms with van der Waals surface area (Å²) in [6.45, 7) is 17.8. The summed E-state index contributed by atoms with van der Waals surface area (Å²) in [5.41, 5.74) is 1.90. The zero-order valence-corrected chi connectivity index (χ0v) is 17.6. The molecule has 0 spiro atoms. The van der Waals surface area contributed by atoms with Crippen LogP contribution in [-0.4, -0.2) is 49.5 Å². The van der Waals surface area contributed by atoms with Gasteiger partial charge in [-0.3, -0.25) is 17.2 Å². The Morgan fingerprint density at radius 2 is 2.23 bits per heavy atom. The maximum atomic E-state index is 14.0. The van der Waals surface area contributed by atoms with Crippen molar-refractivity contribution in [1.29, 1.82) is 0 Å². The molecule has 154 valence electrons. The fraction of sp³-hybridized carbons (Fsp3) is 0.381. The molecule has 1 saturated heterocycles. The van der Waals surface area contributed by atoms with Crippen LogP contribution in [0.1, 0.15) is 19.4 Å². The number of pyridine rings is 1. The first-order chi connectivity index (χ1) is 13.9. The Morgan fingerprint density at radius 1 is 1.47 bits per heavy atom. The van der Waals surface area contributed by atoms with Gasteiger partial charge >= 0.3 is 24.9 Å². The Bertz CT molecular complexity index is 884. The van der Waals surface area contributed by atoms with Gasteiger partial charge in [0.2, 0.25) is 0 Å². The quantitative estimate of drug-likeness (QED) is 0.299. The first kappa shape index (κ1) is 23.9. The van der Waals surface area contributed by atoms with Crippen molar-refractivity contribution in [3.63, 3.8) is 0 Å². The zero-order chi connectivity index (χ0) is 21.0. The second-order valence-electron chi connectivity index (χ2n) is 7.05. The number of rotatable bonds is 5. The maximum Gasteiger partial charge on any atom is 1.00 e. The van der Waals surface area contributed by atoms with E-state index in [-0.39, 0.29) is 24.6 Å². The molecule has 0 saturated carbocycles. The number of fused-ring (bicyclic) bond motifs is 1. The van der Waals surface area contributed by atoms with E-state index in [0.717, 1.165) is 37.0 Å². The Kier molecular flexibility index (Phi) is 8.41. The summed E-state index contributed by atoms with van der Waals surface area (Å²) < 4.78 is 14.0. The summed E-state index contributed by atoms with van der Waals surface area (Å²) in [5, 5.41) is 5.78. The molecule has 0 aromatic carbocycles. The number of aliphatic imine (C=N–C) groups is 1. The number of aromatic nitrogens is 1. The van der Waals surface area contributed by atoms with Gasteiger partial charge in [-0.25, -0.2) is 9.78 Å². The van der Waals surface area contributed by atoms with E-state index in [4.69, 9.17) is 13.2 Å². The minimum atomic E-state index is -0.862. The zero-order valence-electron chi connectivity index (χ0n) is 17.6. The van der Waals surface area contributed by atoms with Gasteiger partial charge in [-0.15, -0.1) is 18.7 Å². The predicted molar refractivity (Wildman–Crippen MR) is 111 cm³/mol. The van der Waals surface area contributed by atoms with Gasteiger partial charge in [-0.05, 0) is 25.2 Å². The summed E-state index contributed by atoms with van der Waals surface area (Å²) >= 11 is 0. The molecule has 3 heterocycles. The van der Waals surface area contributed by atoms with E-state index in [1.54, 1.807) is 13.1 Å². The number of carbonyl (C=O) groups is 1. The number of nitrogens with one attached hydrogen (secondary N) is 2. The first-order valence-corrected chi connectivity index (χ1v) is 9.45. The molecule has 0 unspecified atom stereocenters. The van der Waals surface area contributed by atoms with Crippen LogP contribution in [0.3, 0.4) is 0 Å². The molecular weight excluding hydrogens is 378 g/mol. The Labute approximate surface area is 189 Å². The predicted octanol–water partition coefficient (Wildman–Crippen LogP) is -0.589. The molecular formula is C21H24FLiN6O-2. The van der Waals surface area contributed by atoms with Gasteiger partial charge < -0.3 is 31.5 Å². The number of amides is 2. The summed E-state index contributed by atoms with van der Waals surface area (Å²) in [5.74, 6) is -0.288. The SMILES string of the molecule is [CH-]=C(C)N=[C-]/C=C(/F)C(=[CH-])NC(=O)N1CCc2c(N3CCN[C@@H](C)C3)ccnc21.[Li+]. The van der Waals surface area contributed by atoms with Crippen LogP contribution in [-0.2, 0) is 6.42 Å². The van der Waals surface area contributed by atoms with Gasteiger partial charge in [0.15, 0.2) is 0 Å². The summed E-state index contributed by atoms with van der Waals surface area (Å²) in [6.07, 6.45) is 5.58. The number of halogens is 1. The molecule has 2 amide bonds. The van der Waals surface area contributed by atoms with Crippen LogP contribution >= 0.6 is 0 Å². The third-order valence-electron chi connectivity index (χ3n) is 4.74. The Hall–Kier alpha value is -2.40. The maximum absolute atomic E-state index is 14.0. The summed E-state index contributed by atoms with van der Waals surface area (Å²) in [4.78, 5) is 24.4. The molecule has 1 atom stereocenters. The summed E-state index contributed by atoms with van der Waals surface area (Å²) in [7, 11) is 0. The van der Waals surface area contributed by atoms with Crippen LogP contribution < -0.4 is 39.3 Å². The van der Waals surface area contributed by atoms with Gasteiger partial charge in [0.1, 0.15) is 5.82 Å². The fourth-order valence-corrected chi connectivity index (χ4v) is 3.43. The van der Waals surface area contributed by atoms with Gasteiger partial charge in [0.05, 0.1) is 0 Å². The van der Waals surface area contributed by atoms with Crippen molar-refractivity contribution in [2.75, 3.05) is 36.0 Å². The number of hydrogen-bond donors (Lipinski definition) is 2. The number of allylic oxidation sites excluding steroid dienone is 3. The monoisotopic (exact) mass is 402 g/mol. The topological polar surface area (TPSA) is 72.9 Å². The van der Waals surface area contributed by atoms with Crippen molar-refractivity contribution in [2.24, 2.45) is 4.99 Å². The van der Waals surface area contributed by atoms with Crippen LogP contribution in [0.15, 0.2) is 40.6 Å². The number of urea groups is 1. The second-order valence-corrected chi connectivity index (χ2v) is 7.05. The molecule has 9 heteroatoms. The Morgan fingerprint density at radius 3 is 2.93 bits per heavy atom. The number of nitrogens with zero attached hydrogens (tertiary/aromatic N) is 4. The first-order valence-electron chi connectivity index (χ1n) is 9.45. The number of carbonyl (C=O) groups excluding carboxylic acids is 1. The molecule has 2 aliphatic rings. The van der Waals surface area contributed by atoms with Gasteiger partial charge in [-0.2, -0.15) is 0 Å². The van der Waals surface area contributed by atoms with Gasteiger partial charge in [0.25, 0.3) is 0 Å². The van der Waals surface area contributed by atoms with Crippen molar-refractivity contribution in [3.05, 3.63) is 54.3 Å². The van der Waals surface area contributed by atoms with Crippen molar-refractivity contribution in [1.82, 2.24) is 15.6 Å². The molecule has 30 heavy (non-hydrogen) atoms. The van der Waals surface area contributed by atoms with E-state index in [2.05, 4.69) is 38.6 Å². The second kappa shape index (κ2) is 10.6. The molecule has 0 radical (unpaired) electrons. The molecule has 2 N–H and O–H groups in total. The van der Waals surface area contributed by atoms with Gasteiger partial charge in [-0.1, -0.05) is 6.21 Å². The smallest absolute Gasteiger partial charge is 0.563 e. The van der Waals surface area contributed by atoms with Gasteiger partial charge in [0, 0.05) is 49.7 Å². The van der Waals surface area contributed by atoms with E-state index in [0.29, 0.717) is 24.8 Å². The summed E-state index contributed by atoms with van der Waals surface area (Å²) in [6, 6.07) is 1.83. The largest absolute Gasteiger partial charge is 1.00 e. The number of piperazine rings is 1. The normalized spacial score (nSPS) is 18.8.